The Morgan fingerprint density at radius 1 is 0.711 bits per heavy atom. The number of azo groups is 2. The quantitative estimate of drug-likeness (QED) is 0.0982. The Morgan fingerprint density at radius 3 is 2.02 bits per heavy atom. The molecular weight excluding hydrogens is 622 g/mol. The number of phenolic OH excluding ortho intramolecular Hbond substituents is 1. The topological polar surface area (TPSA) is 208 Å². The Bertz CT molecular complexity index is 2220. The number of carbonyl (C=O) groups is 1. The number of benzene rings is 5. The fourth-order valence-electron chi connectivity index (χ4n) is 4.23. The van der Waals surface area contributed by atoms with Crippen molar-refractivity contribution in [1.29, 1.82) is 0 Å². The largest absolute Gasteiger partial charge is 0.505 e. The normalized spacial score (nSPS) is 12.2. The van der Waals surface area contributed by atoms with Crippen LogP contribution in [0.2, 0.25) is 0 Å². The van der Waals surface area contributed by atoms with Crippen molar-refractivity contribution in [3.8, 4) is 5.75 Å². The molecular formula is C30H23N5O8S2. The Morgan fingerprint density at radius 2 is 1.38 bits per heavy atom. The zero-order valence-corrected chi connectivity index (χ0v) is 24.9. The molecule has 13 nitrogen and oxygen atoms in total. The highest BCUT2D eigenvalue weighted by Gasteiger charge is 2.22. The monoisotopic (exact) mass is 645 g/mol. The number of hydrogen-bond acceptors (Lipinski definition) is 10. The molecule has 45 heavy (non-hydrogen) atoms. The Hall–Kier alpha value is -5.35. The van der Waals surface area contributed by atoms with Crippen LogP contribution in [0.5, 0.6) is 5.75 Å². The first-order valence-corrected chi connectivity index (χ1v) is 15.8. The number of rotatable bonds is 8. The Balaban J connectivity index is 1.42. The molecule has 0 aliphatic rings. The van der Waals surface area contributed by atoms with Gasteiger partial charge in [-0.2, -0.15) is 32.2 Å². The highest BCUT2D eigenvalue weighted by Crippen LogP contribution is 2.42. The van der Waals surface area contributed by atoms with Crippen LogP contribution in [0.15, 0.2) is 127 Å². The van der Waals surface area contributed by atoms with Crippen molar-refractivity contribution in [3.63, 3.8) is 0 Å². The molecule has 15 heteroatoms. The number of phenols is 1. The molecule has 0 saturated heterocycles. The van der Waals surface area contributed by atoms with E-state index in [4.69, 9.17) is 4.55 Å². The molecule has 1 amide bonds. The molecule has 0 heterocycles. The number of amides is 1. The van der Waals surface area contributed by atoms with Crippen molar-refractivity contribution in [2.75, 3.05) is 5.32 Å². The minimum Gasteiger partial charge on any atom is -0.505 e. The van der Waals surface area contributed by atoms with E-state index in [1.807, 2.05) is 0 Å². The van der Waals surface area contributed by atoms with Gasteiger partial charge in [0.05, 0.1) is 22.0 Å². The Labute approximate surface area is 257 Å². The minimum absolute atomic E-state index is 0.200. The van der Waals surface area contributed by atoms with E-state index in [-0.39, 0.29) is 15.7 Å². The van der Waals surface area contributed by atoms with E-state index < -0.39 is 42.5 Å². The third-order valence-corrected chi connectivity index (χ3v) is 8.21. The first kappa shape index (κ1) is 31.1. The molecule has 0 atom stereocenters. The summed E-state index contributed by atoms with van der Waals surface area (Å²) in [6, 6.07) is 23.8. The average molecular weight is 646 g/mol. The summed E-state index contributed by atoms with van der Waals surface area (Å²) in [5.74, 6) is -0.940. The fraction of sp³-hybridized carbons (Fsp3) is 0.0333. The van der Waals surface area contributed by atoms with E-state index in [9.17, 15) is 31.3 Å². The average Bonchev–Trinajstić information content (AvgIpc) is 3.00. The number of hydrogen-bond donors (Lipinski definition) is 4. The number of carbonyl (C=O) groups excluding carboxylic acids is 1. The molecule has 0 aliphatic heterocycles. The van der Waals surface area contributed by atoms with Crippen LogP contribution in [0.1, 0.15) is 15.9 Å². The summed E-state index contributed by atoms with van der Waals surface area (Å²) in [5, 5.41) is 30.3. The molecule has 0 spiro atoms. The molecule has 4 N–H and O–H groups in total. The lowest BCUT2D eigenvalue weighted by Gasteiger charge is -2.11. The molecule has 5 aromatic rings. The van der Waals surface area contributed by atoms with Crippen LogP contribution in [-0.4, -0.2) is 37.0 Å². The van der Waals surface area contributed by atoms with E-state index in [2.05, 4.69) is 25.8 Å². The Kier molecular flexibility index (Phi) is 8.52. The van der Waals surface area contributed by atoms with Gasteiger partial charge < -0.3 is 10.4 Å². The summed E-state index contributed by atoms with van der Waals surface area (Å²) in [5.41, 5.74) is 1.86. The van der Waals surface area contributed by atoms with Crippen LogP contribution in [0.25, 0.3) is 10.8 Å². The first-order chi connectivity index (χ1) is 21.3. The maximum Gasteiger partial charge on any atom is 0.296 e. The summed E-state index contributed by atoms with van der Waals surface area (Å²) in [4.78, 5) is 11.6. The highest BCUT2D eigenvalue weighted by molar-refractivity contribution is 7.86. The second-order valence-electron chi connectivity index (χ2n) is 9.64. The van der Waals surface area contributed by atoms with Crippen molar-refractivity contribution in [2.24, 2.45) is 20.5 Å². The zero-order chi connectivity index (χ0) is 32.4. The molecule has 0 radical (unpaired) electrons. The van der Waals surface area contributed by atoms with Gasteiger partial charge in [0.1, 0.15) is 10.6 Å². The van der Waals surface area contributed by atoms with E-state index in [1.54, 1.807) is 49.4 Å². The van der Waals surface area contributed by atoms with Gasteiger partial charge in [-0.3, -0.25) is 13.9 Å². The van der Waals surface area contributed by atoms with Crippen molar-refractivity contribution >= 4 is 65.4 Å². The number of fused-ring (bicyclic) bond motifs is 1. The predicted octanol–water partition coefficient (Wildman–Crippen LogP) is 7.43. The van der Waals surface area contributed by atoms with E-state index in [0.29, 0.717) is 33.9 Å². The smallest absolute Gasteiger partial charge is 0.296 e. The number of aromatic hydroxyl groups is 1. The third kappa shape index (κ3) is 7.25. The molecule has 0 bridgehead atoms. The van der Waals surface area contributed by atoms with Crippen LogP contribution in [-0.2, 0) is 20.2 Å². The number of nitrogens with one attached hydrogen (secondary N) is 1. The summed E-state index contributed by atoms with van der Waals surface area (Å²) in [6.45, 7) is 1.68. The van der Waals surface area contributed by atoms with Crippen molar-refractivity contribution < 1.29 is 35.8 Å². The molecule has 0 saturated carbocycles. The van der Waals surface area contributed by atoms with Crippen molar-refractivity contribution in [2.45, 2.75) is 16.7 Å². The lowest BCUT2D eigenvalue weighted by atomic mass is 10.1. The number of nitrogens with zero attached hydrogens (tertiary/aromatic N) is 4. The van der Waals surface area contributed by atoms with Crippen molar-refractivity contribution in [1.82, 2.24) is 0 Å². The highest BCUT2D eigenvalue weighted by atomic mass is 32.2. The lowest BCUT2D eigenvalue weighted by Crippen LogP contribution is -2.11. The van der Waals surface area contributed by atoms with Crippen LogP contribution in [0.3, 0.4) is 0 Å². The van der Waals surface area contributed by atoms with Gasteiger partial charge in [-0.15, -0.1) is 5.11 Å². The maximum atomic E-state index is 12.5. The SMILES string of the molecule is Cc1cc(N=Nc2ccc(S(=O)(=O)O)cc2)ccc1N=Nc1c(S(=O)(=O)O)cc2cc(NC(=O)c3ccccc3)ccc2c1O. The van der Waals surface area contributed by atoms with Gasteiger partial charge in [-0.1, -0.05) is 18.2 Å². The van der Waals surface area contributed by atoms with Gasteiger partial charge >= 0.3 is 0 Å². The zero-order valence-electron chi connectivity index (χ0n) is 23.2. The van der Waals surface area contributed by atoms with Gasteiger partial charge in [0.2, 0.25) is 0 Å². The summed E-state index contributed by atoms with van der Waals surface area (Å²) in [7, 11) is -9.20. The summed E-state index contributed by atoms with van der Waals surface area (Å²) >= 11 is 0. The minimum atomic E-state index is -4.87. The van der Waals surface area contributed by atoms with Gasteiger partial charge in [0.25, 0.3) is 26.1 Å². The van der Waals surface area contributed by atoms with Crippen LogP contribution < -0.4 is 5.32 Å². The number of aryl methyl sites for hydroxylation is 1. The molecule has 5 aromatic carbocycles. The molecule has 228 valence electrons. The van der Waals surface area contributed by atoms with E-state index in [0.717, 1.165) is 6.07 Å². The fourth-order valence-corrected chi connectivity index (χ4v) is 5.37. The second-order valence-corrected chi connectivity index (χ2v) is 12.5. The van der Waals surface area contributed by atoms with Gasteiger partial charge in [0.15, 0.2) is 5.75 Å². The second kappa shape index (κ2) is 12.3. The molecule has 0 aliphatic carbocycles. The third-order valence-electron chi connectivity index (χ3n) is 6.48. The molecule has 0 aromatic heterocycles. The summed E-state index contributed by atoms with van der Waals surface area (Å²) < 4.78 is 66.0. The maximum absolute atomic E-state index is 12.5. The van der Waals surface area contributed by atoms with Crippen LogP contribution in [0.4, 0.5) is 28.4 Å². The van der Waals surface area contributed by atoms with Gasteiger partial charge in [0, 0.05) is 16.6 Å². The molecule has 0 unspecified atom stereocenters. The molecule has 5 rings (SSSR count). The van der Waals surface area contributed by atoms with E-state index >= 15 is 0 Å². The summed E-state index contributed by atoms with van der Waals surface area (Å²) in [6.07, 6.45) is 0. The standard InChI is InChI=1S/C30H23N5O8S2/c1-18-15-23(33-32-21-7-11-24(12-8-21)44(38,39)40)10-14-26(18)34-35-28-27(45(41,42)43)17-20-16-22(9-13-25(20)29(28)36)31-30(37)19-5-3-2-4-6-19/h2-17,36H,1H3,(H,31,37)(H,38,39,40)(H,41,42,43). The van der Waals surface area contributed by atoms with Crippen LogP contribution >= 0.6 is 0 Å². The lowest BCUT2D eigenvalue weighted by molar-refractivity contribution is 0.102. The van der Waals surface area contributed by atoms with Gasteiger partial charge in [-0.05, 0) is 96.7 Å². The van der Waals surface area contributed by atoms with Crippen LogP contribution in [0, 0.1) is 6.92 Å². The van der Waals surface area contributed by atoms with Gasteiger partial charge in [-0.25, -0.2) is 0 Å². The molecule has 0 fully saturated rings. The van der Waals surface area contributed by atoms with E-state index in [1.165, 1.54) is 48.5 Å². The first-order valence-electron chi connectivity index (χ1n) is 12.9. The van der Waals surface area contributed by atoms with Crippen molar-refractivity contribution in [3.05, 3.63) is 108 Å². The number of anilines is 1. The predicted molar refractivity (Wildman–Crippen MR) is 166 cm³/mol.